The Kier molecular flexibility index (Phi) is 4.89. The molecule has 0 spiro atoms. The number of fused-ring (bicyclic) bond motifs is 1. The molecule has 28 heavy (non-hydrogen) atoms. The number of aromatic nitrogens is 2. The van der Waals surface area contributed by atoms with Crippen molar-refractivity contribution in [2.24, 2.45) is 4.99 Å². The molecule has 1 heterocycles. The van der Waals surface area contributed by atoms with E-state index in [0.29, 0.717) is 17.7 Å². The van der Waals surface area contributed by atoms with Crippen molar-refractivity contribution >= 4 is 16.5 Å². The monoisotopic (exact) mass is 373 g/mol. The number of phenols is 1. The second kappa shape index (κ2) is 7.64. The number of imidazole rings is 1. The van der Waals surface area contributed by atoms with Crippen molar-refractivity contribution in [2.45, 2.75) is 19.4 Å². The second-order valence-corrected chi connectivity index (χ2v) is 6.80. The average molecular weight is 373 g/mol. The Morgan fingerprint density at radius 1 is 1.11 bits per heavy atom. The van der Waals surface area contributed by atoms with Crippen LogP contribution in [-0.2, 0) is 6.42 Å². The van der Waals surface area contributed by atoms with Gasteiger partial charge in [-0.2, -0.15) is 0 Å². The minimum Gasteiger partial charge on any atom is -0.507 e. The van der Waals surface area contributed by atoms with Gasteiger partial charge in [-0.15, -0.1) is 0 Å². The van der Waals surface area contributed by atoms with Crippen molar-refractivity contribution in [3.63, 3.8) is 0 Å². The van der Waals surface area contributed by atoms with Gasteiger partial charge in [0.05, 0.1) is 18.1 Å². The van der Waals surface area contributed by atoms with Crippen LogP contribution in [0.4, 0.5) is 4.39 Å². The molecule has 0 saturated carbocycles. The number of aromatic hydroxyl groups is 1. The standard InChI is InChI=1S/C23H20FN3O/c1-15(11-18-13-25-14-26-18)27-23(21-12-17(24)9-10-22(21)28)20-8-4-6-16-5-2-3-7-19(16)20/h2-10,12-15,28H,11H2,1H3,(H,25,26)/t15-/m1/s1. The van der Waals surface area contributed by atoms with Gasteiger partial charge in [-0.1, -0.05) is 42.5 Å². The molecule has 1 atom stereocenters. The van der Waals surface area contributed by atoms with Gasteiger partial charge in [-0.3, -0.25) is 4.99 Å². The lowest BCUT2D eigenvalue weighted by Crippen LogP contribution is -2.12. The van der Waals surface area contributed by atoms with E-state index in [9.17, 15) is 9.50 Å². The average Bonchev–Trinajstić information content (AvgIpc) is 3.21. The summed E-state index contributed by atoms with van der Waals surface area (Å²) < 4.78 is 14.0. The summed E-state index contributed by atoms with van der Waals surface area (Å²) in [5.41, 5.74) is 2.78. The van der Waals surface area contributed by atoms with Crippen LogP contribution in [0.5, 0.6) is 5.75 Å². The summed E-state index contributed by atoms with van der Waals surface area (Å²) in [5.74, 6) is -0.413. The lowest BCUT2D eigenvalue weighted by atomic mass is 9.95. The van der Waals surface area contributed by atoms with Crippen LogP contribution in [0.25, 0.3) is 10.8 Å². The van der Waals surface area contributed by atoms with Crippen LogP contribution < -0.4 is 0 Å². The quantitative estimate of drug-likeness (QED) is 0.490. The van der Waals surface area contributed by atoms with Crippen molar-refractivity contribution in [2.75, 3.05) is 0 Å². The highest BCUT2D eigenvalue weighted by Crippen LogP contribution is 2.27. The van der Waals surface area contributed by atoms with Crippen molar-refractivity contribution in [3.05, 3.63) is 95.8 Å². The number of rotatable bonds is 5. The van der Waals surface area contributed by atoms with E-state index in [2.05, 4.69) is 9.97 Å². The molecule has 0 amide bonds. The smallest absolute Gasteiger partial charge is 0.125 e. The number of hydrogen-bond acceptors (Lipinski definition) is 3. The van der Waals surface area contributed by atoms with Crippen LogP contribution in [0.15, 0.2) is 78.2 Å². The third-order valence-electron chi connectivity index (χ3n) is 4.68. The van der Waals surface area contributed by atoms with E-state index in [4.69, 9.17) is 4.99 Å². The molecule has 0 aliphatic heterocycles. The van der Waals surface area contributed by atoms with Gasteiger partial charge < -0.3 is 10.1 Å². The number of halogens is 1. The minimum atomic E-state index is -0.415. The molecule has 0 radical (unpaired) electrons. The zero-order valence-electron chi connectivity index (χ0n) is 15.4. The molecular weight excluding hydrogens is 353 g/mol. The third kappa shape index (κ3) is 3.64. The topological polar surface area (TPSA) is 61.3 Å². The Labute approximate surface area is 162 Å². The normalized spacial score (nSPS) is 13.0. The molecular formula is C23H20FN3O. The number of H-pyrrole nitrogens is 1. The Hall–Kier alpha value is -3.47. The minimum absolute atomic E-state index is 0.00169. The molecule has 2 N–H and O–H groups in total. The maximum absolute atomic E-state index is 14.0. The Balaban J connectivity index is 1.88. The molecule has 0 aliphatic carbocycles. The summed E-state index contributed by atoms with van der Waals surface area (Å²) in [6.45, 7) is 1.99. The zero-order chi connectivity index (χ0) is 19.5. The number of aromatic amines is 1. The SMILES string of the molecule is C[C@H](Cc1cnc[nH]1)N=C(c1cc(F)ccc1O)c1cccc2ccccc12. The number of aliphatic imine (C=N–C) groups is 1. The largest absolute Gasteiger partial charge is 0.507 e. The van der Waals surface area contributed by atoms with Crippen molar-refractivity contribution in [1.29, 1.82) is 0 Å². The van der Waals surface area contributed by atoms with Crippen molar-refractivity contribution in [3.8, 4) is 5.75 Å². The van der Waals surface area contributed by atoms with Crippen LogP contribution in [-0.4, -0.2) is 26.8 Å². The molecule has 0 unspecified atom stereocenters. The van der Waals surface area contributed by atoms with E-state index in [1.165, 1.54) is 18.2 Å². The number of nitrogens with zero attached hydrogens (tertiary/aromatic N) is 2. The van der Waals surface area contributed by atoms with Crippen molar-refractivity contribution in [1.82, 2.24) is 9.97 Å². The Morgan fingerprint density at radius 2 is 1.93 bits per heavy atom. The fourth-order valence-electron chi connectivity index (χ4n) is 3.39. The van der Waals surface area contributed by atoms with E-state index in [1.54, 1.807) is 12.5 Å². The maximum Gasteiger partial charge on any atom is 0.125 e. The fourth-order valence-corrected chi connectivity index (χ4v) is 3.39. The Bertz CT molecular complexity index is 1130. The summed E-state index contributed by atoms with van der Waals surface area (Å²) in [6, 6.07) is 17.7. The van der Waals surface area contributed by atoms with E-state index < -0.39 is 5.82 Å². The van der Waals surface area contributed by atoms with Gasteiger partial charge in [0.2, 0.25) is 0 Å². The Morgan fingerprint density at radius 3 is 2.75 bits per heavy atom. The molecule has 0 saturated heterocycles. The molecule has 0 fully saturated rings. The molecule has 4 rings (SSSR count). The zero-order valence-corrected chi connectivity index (χ0v) is 15.4. The highest BCUT2D eigenvalue weighted by atomic mass is 19.1. The first kappa shape index (κ1) is 17.9. The van der Waals surface area contributed by atoms with Gasteiger partial charge in [0.25, 0.3) is 0 Å². The predicted molar refractivity (Wildman–Crippen MR) is 109 cm³/mol. The molecule has 0 bridgehead atoms. The number of nitrogens with one attached hydrogen (secondary N) is 1. The van der Waals surface area contributed by atoms with Crippen LogP contribution >= 0.6 is 0 Å². The number of hydrogen-bond donors (Lipinski definition) is 2. The van der Waals surface area contributed by atoms with Crippen molar-refractivity contribution < 1.29 is 9.50 Å². The van der Waals surface area contributed by atoms with E-state index >= 15 is 0 Å². The first-order valence-electron chi connectivity index (χ1n) is 9.14. The second-order valence-electron chi connectivity index (χ2n) is 6.80. The first-order valence-corrected chi connectivity index (χ1v) is 9.14. The highest BCUT2D eigenvalue weighted by molar-refractivity contribution is 6.20. The molecule has 5 heteroatoms. The molecule has 4 nitrogen and oxygen atoms in total. The number of benzene rings is 3. The van der Waals surface area contributed by atoms with Crippen LogP contribution in [0, 0.1) is 5.82 Å². The highest BCUT2D eigenvalue weighted by Gasteiger charge is 2.17. The summed E-state index contributed by atoms with van der Waals surface area (Å²) in [5, 5.41) is 12.5. The van der Waals surface area contributed by atoms with E-state index in [-0.39, 0.29) is 11.8 Å². The van der Waals surface area contributed by atoms with Gasteiger partial charge in [0.1, 0.15) is 11.6 Å². The molecule has 0 aliphatic rings. The fraction of sp³-hybridized carbons (Fsp3) is 0.130. The lowest BCUT2D eigenvalue weighted by Gasteiger charge is -2.15. The predicted octanol–water partition coefficient (Wildman–Crippen LogP) is 4.88. The summed E-state index contributed by atoms with van der Waals surface area (Å²) >= 11 is 0. The lowest BCUT2D eigenvalue weighted by molar-refractivity contribution is 0.472. The van der Waals surface area contributed by atoms with Crippen LogP contribution in [0.1, 0.15) is 23.7 Å². The van der Waals surface area contributed by atoms with Gasteiger partial charge in [0, 0.05) is 29.4 Å². The molecule has 4 aromatic rings. The number of phenolic OH excluding ortho intramolecular Hbond substituents is 1. The molecule has 140 valence electrons. The van der Waals surface area contributed by atoms with Gasteiger partial charge >= 0.3 is 0 Å². The van der Waals surface area contributed by atoms with Crippen LogP contribution in [0.3, 0.4) is 0 Å². The maximum atomic E-state index is 14.0. The van der Waals surface area contributed by atoms with Crippen LogP contribution in [0.2, 0.25) is 0 Å². The third-order valence-corrected chi connectivity index (χ3v) is 4.68. The summed E-state index contributed by atoms with van der Waals surface area (Å²) in [4.78, 5) is 12.0. The molecule has 1 aromatic heterocycles. The molecule has 3 aromatic carbocycles. The van der Waals surface area contributed by atoms with Gasteiger partial charge in [0.15, 0.2) is 0 Å². The van der Waals surface area contributed by atoms with E-state index in [1.807, 2.05) is 49.4 Å². The first-order chi connectivity index (χ1) is 13.6. The summed E-state index contributed by atoms with van der Waals surface area (Å²) in [6.07, 6.45) is 4.06. The van der Waals surface area contributed by atoms with E-state index in [0.717, 1.165) is 22.0 Å². The van der Waals surface area contributed by atoms with Gasteiger partial charge in [-0.25, -0.2) is 9.37 Å². The van der Waals surface area contributed by atoms with Gasteiger partial charge in [-0.05, 0) is 35.9 Å². The summed E-state index contributed by atoms with van der Waals surface area (Å²) in [7, 11) is 0.